The first-order chi connectivity index (χ1) is 9.87. The molecule has 0 aliphatic heterocycles. The van der Waals surface area contributed by atoms with Crippen LogP contribution in [0.25, 0.3) is 0 Å². The molecule has 1 unspecified atom stereocenters. The van der Waals surface area contributed by atoms with E-state index >= 15 is 0 Å². The highest BCUT2D eigenvalue weighted by Crippen LogP contribution is 2.39. The summed E-state index contributed by atoms with van der Waals surface area (Å²) in [7, 11) is 2.05. The smallest absolute Gasteiger partial charge is 0.0413 e. The van der Waals surface area contributed by atoms with Crippen LogP contribution in [-0.2, 0) is 5.41 Å². The molecule has 0 saturated heterocycles. The van der Waals surface area contributed by atoms with Gasteiger partial charge in [0.05, 0.1) is 0 Å². The van der Waals surface area contributed by atoms with E-state index in [1.165, 1.54) is 26.7 Å². The van der Waals surface area contributed by atoms with Gasteiger partial charge in [-0.25, -0.2) is 0 Å². The quantitative estimate of drug-likeness (QED) is 0.792. The number of benzene rings is 2. The van der Waals surface area contributed by atoms with Gasteiger partial charge in [-0.15, -0.1) is 0 Å². The Hall–Kier alpha value is -1.12. The van der Waals surface area contributed by atoms with E-state index in [1.807, 2.05) is 7.05 Å². The predicted octanol–water partition coefficient (Wildman–Crippen LogP) is 5.30. The van der Waals surface area contributed by atoms with Gasteiger partial charge in [-0.2, -0.15) is 0 Å². The van der Waals surface area contributed by atoms with Crippen LogP contribution in [0.4, 0.5) is 0 Å². The maximum atomic E-state index is 3.63. The van der Waals surface area contributed by atoms with E-state index in [0.717, 1.165) is 0 Å². The van der Waals surface area contributed by atoms with Crippen molar-refractivity contribution in [1.29, 1.82) is 0 Å². The summed E-state index contributed by atoms with van der Waals surface area (Å²) in [5.74, 6) is 0. The minimum Gasteiger partial charge on any atom is -0.312 e. The minimum absolute atomic E-state index is 0.0149. The van der Waals surface area contributed by atoms with Crippen molar-refractivity contribution < 1.29 is 0 Å². The van der Waals surface area contributed by atoms with Gasteiger partial charge in [-0.1, -0.05) is 66.2 Å². The molecule has 0 aliphatic carbocycles. The van der Waals surface area contributed by atoms with E-state index in [2.05, 4.69) is 91.4 Å². The minimum atomic E-state index is 0.0149. The zero-order valence-electron chi connectivity index (χ0n) is 13.5. The molecule has 2 rings (SSSR count). The first-order valence-electron chi connectivity index (χ1n) is 7.37. The van der Waals surface area contributed by atoms with Crippen molar-refractivity contribution in [1.82, 2.24) is 5.32 Å². The Morgan fingerprint density at radius 2 is 1.62 bits per heavy atom. The average molecular weight is 346 g/mol. The lowest BCUT2D eigenvalue weighted by molar-refractivity contribution is 0.367. The van der Waals surface area contributed by atoms with Gasteiger partial charge in [0, 0.05) is 15.9 Å². The maximum Gasteiger partial charge on any atom is 0.0413 e. The number of nitrogens with one attached hydrogen (secondary N) is 1. The topological polar surface area (TPSA) is 12.0 Å². The lowest BCUT2D eigenvalue weighted by Gasteiger charge is -2.36. The Bertz CT molecular complexity index is 617. The molecular weight excluding hydrogens is 322 g/mol. The molecule has 0 radical (unpaired) electrons. The van der Waals surface area contributed by atoms with E-state index in [4.69, 9.17) is 0 Å². The molecule has 1 atom stereocenters. The summed E-state index contributed by atoms with van der Waals surface area (Å²) < 4.78 is 1.18. The van der Waals surface area contributed by atoms with Crippen LogP contribution in [0.3, 0.4) is 0 Å². The zero-order valence-corrected chi connectivity index (χ0v) is 15.1. The molecule has 21 heavy (non-hydrogen) atoms. The number of hydrogen-bond donors (Lipinski definition) is 1. The summed E-state index contributed by atoms with van der Waals surface area (Å²) in [5, 5.41) is 3.53. The molecule has 0 bridgehead atoms. The van der Waals surface area contributed by atoms with Crippen molar-refractivity contribution in [3.63, 3.8) is 0 Å². The van der Waals surface area contributed by atoms with Gasteiger partial charge in [0.25, 0.3) is 0 Å². The predicted molar refractivity (Wildman–Crippen MR) is 94.9 cm³/mol. The van der Waals surface area contributed by atoms with Gasteiger partial charge in [0.1, 0.15) is 0 Å². The van der Waals surface area contributed by atoms with Gasteiger partial charge >= 0.3 is 0 Å². The molecule has 0 spiro atoms. The third-order valence-corrected chi connectivity index (χ3v) is 5.24. The molecule has 0 heterocycles. The van der Waals surface area contributed by atoms with Crippen molar-refractivity contribution in [2.24, 2.45) is 0 Å². The average Bonchev–Trinajstić information content (AvgIpc) is 2.46. The Morgan fingerprint density at radius 1 is 1.00 bits per heavy atom. The fourth-order valence-electron chi connectivity index (χ4n) is 3.05. The molecule has 0 saturated carbocycles. The molecule has 112 valence electrons. The van der Waals surface area contributed by atoms with Crippen molar-refractivity contribution >= 4 is 15.9 Å². The SMILES string of the molecule is CNC(c1cc(C)c(Br)cc1C)C(C)(C)c1ccccc1. The molecule has 2 heteroatoms. The number of aryl methyl sites for hydroxylation is 2. The molecule has 1 nitrogen and oxygen atoms in total. The standard InChI is InChI=1S/C19H24BrN/c1-13-12-17(20)14(2)11-16(13)18(21-5)19(3,4)15-9-7-6-8-10-15/h6-12,18,21H,1-5H3. The second-order valence-corrected chi connectivity index (χ2v) is 7.12. The molecule has 0 fully saturated rings. The highest BCUT2D eigenvalue weighted by Gasteiger charge is 2.32. The van der Waals surface area contributed by atoms with Crippen LogP contribution in [0, 0.1) is 13.8 Å². The molecule has 1 N–H and O–H groups in total. The lowest BCUT2D eigenvalue weighted by atomic mass is 9.74. The van der Waals surface area contributed by atoms with Crippen LogP contribution in [0.5, 0.6) is 0 Å². The Kier molecular flexibility index (Phi) is 4.90. The van der Waals surface area contributed by atoms with Crippen LogP contribution in [0.15, 0.2) is 46.9 Å². The van der Waals surface area contributed by atoms with E-state index in [9.17, 15) is 0 Å². The number of hydrogen-bond acceptors (Lipinski definition) is 1. The van der Waals surface area contributed by atoms with Gasteiger partial charge in [-0.3, -0.25) is 0 Å². The molecule has 2 aromatic carbocycles. The normalized spacial score (nSPS) is 13.2. The summed E-state index contributed by atoms with van der Waals surface area (Å²) in [5.41, 5.74) is 5.33. The van der Waals surface area contributed by atoms with Gasteiger partial charge in [0.2, 0.25) is 0 Å². The summed E-state index contributed by atoms with van der Waals surface area (Å²) in [6.07, 6.45) is 0. The van der Waals surface area contributed by atoms with Crippen LogP contribution in [0.1, 0.15) is 42.1 Å². The summed E-state index contributed by atoms with van der Waals surface area (Å²) in [6, 6.07) is 15.5. The van der Waals surface area contributed by atoms with Crippen LogP contribution in [-0.4, -0.2) is 7.05 Å². The molecule has 2 aromatic rings. The van der Waals surface area contributed by atoms with Crippen LogP contribution >= 0.6 is 15.9 Å². The van der Waals surface area contributed by atoms with E-state index in [-0.39, 0.29) is 11.5 Å². The maximum absolute atomic E-state index is 3.63. The zero-order chi connectivity index (χ0) is 15.6. The fourth-order valence-corrected chi connectivity index (χ4v) is 3.51. The molecule has 0 amide bonds. The molecule has 0 aliphatic rings. The second kappa shape index (κ2) is 6.33. The first-order valence-corrected chi connectivity index (χ1v) is 8.16. The number of halogens is 1. The van der Waals surface area contributed by atoms with Crippen molar-refractivity contribution in [3.05, 3.63) is 69.2 Å². The Morgan fingerprint density at radius 3 is 2.19 bits per heavy atom. The van der Waals surface area contributed by atoms with Crippen LogP contribution in [0.2, 0.25) is 0 Å². The second-order valence-electron chi connectivity index (χ2n) is 6.27. The van der Waals surface area contributed by atoms with Gasteiger partial charge in [-0.05, 0) is 49.2 Å². The van der Waals surface area contributed by atoms with Crippen molar-refractivity contribution in [2.45, 2.75) is 39.2 Å². The summed E-state index contributed by atoms with van der Waals surface area (Å²) in [6.45, 7) is 8.95. The highest BCUT2D eigenvalue weighted by atomic mass is 79.9. The van der Waals surface area contributed by atoms with E-state index < -0.39 is 0 Å². The molecular formula is C19H24BrN. The van der Waals surface area contributed by atoms with E-state index in [0.29, 0.717) is 0 Å². The molecule has 0 aromatic heterocycles. The Balaban J connectivity index is 2.51. The third-order valence-electron chi connectivity index (χ3n) is 4.39. The summed E-state index contributed by atoms with van der Waals surface area (Å²) >= 11 is 3.63. The Labute approximate surface area is 136 Å². The van der Waals surface area contributed by atoms with Crippen molar-refractivity contribution in [3.8, 4) is 0 Å². The van der Waals surface area contributed by atoms with Crippen LogP contribution < -0.4 is 5.32 Å². The lowest BCUT2D eigenvalue weighted by Crippen LogP contribution is -2.36. The third kappa shape index (κ3) is 3.22. The number of likely N-dealkylation sites (N-methyl/N-ethyl adjacent to an activating group) is 1. The van der Waals surface area contributed by atoms with Gasteiger partial charge in [0.15, 0.2) is 0 Å². The van der Waals surface area contributed by atoms with E-state index in [1.54, 1.807) is 0 Å². The van der Waals surface area contributed by atoms with Gasteiger partial charge < -0.3 is 5.32 Å². The summed E-state index contributed by atoms with van der Waals surface area (Å²) in [4.78, 5) is 0. The monoisotopic (exact) mass is 345 g/mol. The van der Waals surface area contributed by atoms with Crippen molar-refractivity contribution in [2.75, 3.05) is 7.05 Å². The highest BCUT2D eigenvalue weighted by molar-refractivity contribution is 9.10. The first kappa shape index (κ1) is 16.3. The largest absolute Gasteiger partial charge is 0.312 e. The number of rotatable bonds is 4. The fraction of sp³-hybridized carbons (Fsp3) is 0.368.